The summed E-state index contributed by atoms with van der Waals surface area (Å²) in [5.74, 6) is -2.26. The average molecular weight is 268 g/mol. The maximum absolute atomic E-state index is 13.1. The second-order valence-electron chi connectivity index (χ2n) is 5.33. The summed E-state index contributed by atoms with van der Waals surface area (Å²) in [6, 6.07) is 5.35. The Morgan fingerprint density at radius 2 is 2.21 bits per heavy atom. The smallest absolute Gasteiger partial charge is 0.248 e. The molecule has 104 valence electrons. The van der Waals surface area contributed by atoms with Crippen LogP contribution in [0.5, 0.6) is 5.75 Å². The standard InChI is InChI=1S/C15H18F2O2/c1-10-3-4-14(13(7-10)11(2)18)19-9-12-5-6-15(16,17)8-12/h3-4,7,12H,5-6,8-9H2,1-2H3. The first kappa shape index (κ1) is 14.0. The van der Waals surface area contributed by atoms with E-state index in [4.69, 9.17) is 4.74 Å². The van der Waals surface area contributed by atoms with Crippen LogP contribution in [0.15, 0.2) is 18.2 Å². The highest BCUT2D eigenvalue weighted by atomic mass is 19.3. The van der Waals surface area contributed by atoms with E-state index in [2.05, 4.69) is 0 Å². The molecule has 19 heavy (non-hydrogen) atoms. The summed E-state index contributed by atoms with van der Waals surface area (Å²) in [6.45, 7) is 3.62. The number of ketones is 1. The van der Waals surface area contributed by atoms with Crippen LogP contribution in [-0.2, 0) is 0 Å². The number of rotatable bonds is 4. The zero-order chi connectivity index (χ0) is 14.0. The molecule has 0 heterocycles. The predicted octanol–water partition coefficient (Wildman–Crippen LogP) is 4.01. The van der Waals surface area contributed by atoms with Gasteiger partial charge in [0, 0.05) is 12.8 Å². The van der Waals surface area contributed by atoms with E-state index in [0.29, 0.717) is 17.7 Å². The van der Waals surface area contributed by atoms with Gasteiger partial charge in [-0.25, -0.2) is 8.78 Å². The maximum Gasteiger partial charge on any atom is 0.248 e. The largest absolute Gasteiger partial charge is 0.493 e. The van der Waals surface area contributed by atoms with Gasteiger partial charge in [-0.15, -0.1) is 0 Å². The Bertz CT molecular complexity index is 483. The average Bonchev–Trinajstić information content (AvgIpc) is 2.67. The van der Waals surface area contributed by atoms with Crippen LogP contribution in [0.1, 0.15) is 42.1 Å². The minimum absolute atomic E-state index is 0.0610. The molecule has 1 unspecified atom stereocenters. The van der Waals surface area contributed by atoms with Gasteiger partial charge < -0.3 is 4.74 Å². The molecule has 0 amide bonds. The van der Waals surface area contributed by atoms with Gasteiger partial charge in [-0.1, -0.05) is 11.6 Å². The summed E-state index contributed by atoms with van der Waals surface area (Å²) in [7, 11) is 0. The number of aryl methyl sites for hydroxylation is 1. The summed E-state index contributed by atoms with van der Waals surface area (Å²) in [6.07, 6.45) is 0.303. The highest BCUT2D eigenvalue weighted by Gasteiger charge is 2.39. The Labute approximate surface area is 111 Å². The minimum Gasteiger partial charge on any atom is -0.493 e. The number of carbonyl (C=O) groups is 1. The molecule has 0 saturated heterocycles. The van der Waals surface area contributed by atoms with E-state index in [0.717, 1.165) is 5.56 Å². The lowest BCUT2D eigenvalue weighted by Crippen LogP contribution is -2.14. The molecule has 0 spiro atoms. The van der Waals surface area contributed by atoms with Crippen molar-refractivity contribution in [3.8, 4) is 5.75 Å². The van der Waals surface area contributed by atoms with Gasteiger partial charge in [0.05, 0.1) is 12.2 Å². The molecule has 0 radical (unpaired) electrons. The highest BCUT2D eigenvalue weighted by Crippen LogP contribution is 2.39. The van der Waals surface area contributed by atoms with Crippen LogP contribution in [0.2, 0.25) is 0 Å². The normalized spacial score (nSPS) is 21.4. The lowest BCUT2D eigenvalue weighted by molar-refractivity contribution is 0.00289. The molecule has 1 saturated carbocycles. The van der Waals surface area contributed by atoms with Crippen molar-refractivity contribution in [2.24, 2.45) is 5.92 Å². The zero-order valence-corrected chi connectivity index (χ0v) is 11.2. The van der Waals surface area contributed by atoms with Crippen molar-refractivity contribution < 1.29 is 18.3 Å². The first-order valence-corrected chi connectivity index (χ1v) is 6.49. The van der Waals surface area contributed by atoms with Gasteiger partial charge in [0.25, 0.3) is 0 Å². The summed E-state index contributed by atoms with van der Waals surface area (Å²) in [5.41, 5.74) is 1.50. The molecule has 4 heteroatoms. The second-order valence-corrected chi connectivity index (χ2v) is 5.33. The number of ether oxygens (including phenoxy) is 1. The van der Waals surface area contributed by atoms with Gasteiger partial charge in [0.2, 0.25) is 5.92 Å². The van der Waals surface area contributed by atoms with E-state index in [1.807, 2.05) is 13.0 Å². The summed E-state index contributed by atoms with van der Waals surface area (Å²) in [4.78, 5) is 11.5. The molecule has 1 aliphatic carbocycles. The molecule has 0 bridgehead atoms. The van der Waals surface area contributed by atoms with Gasteiger partial charge >= 0.3 is 0 Å². The molecule has 2 nitrogen and oxygen atoms in total. The first-order chi connectivity index (χ1) is 8.87. The van der Waals surface area contributed by atoms with Crippen LogP contribution < -0.4 is 4.74 Å². The molecule has 0 N–H and O–H groups in total. The molecule has 2 rings (SSSR count). The number of hydrogen-bond acceptors (Lipinski definition) is 2. The van der Waals surface area contributed by atoms with Crippen LogP contribution in [0.3, 0.4) is 0 Å². The van der Waals surface area contributed by atoms with E-state index in [-0.39, 0.29) is 31.1 Å². The highest BCUT2D eigenvalue weighted by molar-refractivity contribution is 5.97. The van der Waals surface area contributed by atoms with Crippen molar-refractivity contribution in [1.29, 1.82) is 0 Å². The Morgan fingerprint density at radius 1 is 1.47 bits per heavy atom. The van der Waals surface area contributed by atoms with Crippen molar-refractivity contribution in [3.05, 3.63) is 29.3 Å². The van der Waals surface area contributed by atoms with Gasteiger partial charge in [-0.2, -0.15) is 0 Å². The molecular formula is C15H18F2O2. The number of hydrogen-bond donors (Lipinski definition) is 0. The van der Waals surface area contributed by atoms with Crippen molar-refractivity contribution in [2.75, 3.05) is 6.61 Å². The second kappa shape index (κ2) is 5.27. The van der Waals surface area contributed by atoms with Gasteiger partial charge in [-0.3, -0.25) is 4.79 Å². The molecule has 1 atom stereocenters. The lowest BCUT2D eigenvalue weighted by atomic mass is 10.1. The Morgan fingerprint density at radius 3 is 2.79 bits per heavy atom. The number of Topliss-reactive ketones (excluding diaryl/α,β-unsaturated/α-hetero) is 1. The topological polar surface area (TPSA) is 26.3 Å². The summed E-state index contributed by atoms with van der Waals surface area (Å²) < 4.78 is 31.7. The number of halogens is 2. The van der Waals surface area contributed by atoms with E-state index in [9.17, 15) is 13.6 Å². The van der Waals surface area contributed by atoms with Gasteiger partial charge in [-0.05, 0) is 38.3 Å². The van der Waals surface area contributed by atoms with Gasteiger partial charge in [0.1, 0.15) is 5.75 Å². The van der Waals surface area contributed by atoms with Crippen molar-refractivity contribution in [2.45, 2.75) is 39.0 Å². The third-order valence-corrected chi connectivity index (χ3v) is 3.49. The fourth-order valence-electron chi connectivity index (χ4n) is 2.44. The molecule has 0 aromatic heterocycles. The molecular weight excluding hydrogens is 250 g/mol. The van der Waals surface area contributed by atoms with E-state index in [1.165, 1.54) is 6.92 Å². The zero-order valence-electron chi connectivity index (χ0n) is 11.2. The molecule has 0 aliphatic heterocycles. The number of alkyl halides is 2. The van der Waals surface area contributed by atoms with Crippen LogP contribution in [-0.4, -0.2) is 18.3 Å². The van der Waals surface area contributed by atoms with Gasteiger partial charge in [0.15, 0.2) is 5.78 Å². The van der Waals surface area contributed by atoms with Crippen molar-refractivity contribution in [3.63, 3.8) is 0 Å². The van der Waals surface area contributed by atoms with E-state index >= 15 is 0 Å². The quantitative estimate of drug-likeness (QED) is 0.771. The fourth-order valence-corrected chi connectivity index (χ4v) is 2.44. The van der Waals surface area contributed by atoms with Crippen LogP contribution >= 0.6 is 0 Å². The number of carbonyl (C=O) groups excluding carboxylic acids is 1. The predicted molar refractivity (Wildman–Crippen MR) is 69.0 cm³/mol. The lowest BCUT2D eigenvalue weighted by Gasteiger charge is -2.14. The van der Waals surface area contributed by atoms with Crippen LogP contribution in [0, 0.1) is 12.8 Å². The Balaban J connectivity index is 2.02. The van der Waals surface area contributed by atoms with Crippen LogP contribution in [0.4, 0.5) is 8.78 Å². The molecule has 1 aliphatic rings. The molecule has 1 fully saturated rings. The maximum atomic E-state index is 13.1. The third kappa shape index (κ3) is 3.52. The SMILES string of the molecule is CC(=O)c1cc(C)ccc1OCC1CCC(F)(F)C1. The Hall–Kier alpha value is -1.45. The molecule has 1 aromatic carbocycles. The minimum atomic E-state index is -2.55. The van der Waals surface area contributed by atoms with Crippen LogP contribution in [0.25, 0.3) is 0 Å². The monoisotopic (exact) mass is 268 g/mol. The number of benzene rings is 1. The van der Waals surface area contributed by atoms with E-state index < -0.39 is 5.92 Å². The first-order valence-electron chi connectivity index (χ1n) is 6.49. The van der Waals surface area contributed by atoms with E-state index in [1.54, 1.807) is 12.1 Å². The fraction of sp³-hybridized carbons (Fsp3) is 0.533. The third-order valence-electron chi connectivity index (χ3n) is 3.49. The van der Waals surface area contributed by atoms with Crippen molar-refractivity contribution >= 4 is 5.78 Å². The Kier molecular flexibility index (Phi) is 3.88. The summed E-state index contributed by atoms with van der Waals surface area (Å²) in [5, 5.41) is 0. The molecule has 1 aromatic rings. The van der Waals surface area contributed by atoms with Crippen molar-refractivity contribution in [1.82, 2.24) is 0 Å². The summed E-state index contributed by atoms with van der Waals surface area (Å²) >= 11 is 0.